The first kappa shape index (κ1) is 23.2. The number of hydrogen-bond acceptors (Lipinski definition) is 5. The predicted octanol–water partition coefficient (Wildman–Crippen LogP) is 4.62. The van der Waals surface area contributed by atoms with Crippen molar-refractivity contribution in [3.63, 3.8) is 0 Å². The van der Waals surface area contributed by atoms with Crippen LogP contribution in [0.4, 0.5) is 10.1 Å². The summed E-state index contributed by atoms with van der Waals surface area (Å²) in [4.78, 5) is 28.4. The molecule has 0 radical (unpaired) electrons. The molecule has 2 heterocycles. The molecule has 1 aliphatic carbocycles. The second kappa shape index (κ2) is 9.27. The molecule has 2 atom stereocenters. The van der Waals surface area contributed by atoms with Crippen LogP contribution in [-0.4, -0.2) is 28.6 Å². The number of fused-ring (bicyclic) bond motifs is 2. The summed E-state index contributed by atoms with van der Waals surface area (Å²) in [5, 5.41) is 21.1. The zero-order valence-electron chi connectivity index (χ0n) is 19.2. The molecule has 36 heavy (non-hydrogen) atoms. The van der Waals surface area contributed by atoms with Crippen molar-refractivity contribution in [2.45, 2.75) is 24.7 Å². The molecular formula is C28H22FN3O4. The maximum atomic E-state index is 13.4. The molecule has 3 aromatic rings. The van der Waals surface area contributed by atoms with E-state index in [-0.39, 0.29) is 17.2 Å². The van der Waals surface area contributed by atoms with E-state index >= 15 is 0 Å². The average molecular weight is 483 g/mol. The lowest BCUT2D eigenvalue weighted by atomic mass is 9.86. The van der Waals surface area contributed by atoms with E-state index in [1.807, 2.05) is 18.2 Å². The number of allylic oxidation sites excluding steroid dienone is 1. The maximum absolute atomic E-state index is 13.4. The van der Waals surface area contributed by atoms with Crippen LogP contribution in [0.3, 0.4) is 0 Å². The summed E-state index contributed by atoms with van der Waals surface area (Å²) >= 11 is 0. The molecule has 1 aromatic heterocycles. The minimum Gasteiger partial charge on any atom is -0.493 e. The van der Waals surface area contributed by atoms with Crippen LogP contribution in [-0.2, 0) is 21.4 Å². The van der Waals surface area contributed by atoms with Crippen molar-refractivity contribution in [1.29, 1.82) is 5.26 Å². The van der Waals surface area contributed by atoms with Crippen molar-refractivity contribution in [3.05, 3.63) is 89.4 Å². The fourth-order valence-corrected chi connectivity index (χ4v) is 4.90. The van der Waals surface area contributed by atoms with E-state index in [1.54, 1.807) is 24.3 Å². The number of ether oxygens (including phenoxy) is 1. The number of amides is 1. The Labute approximate surface area is 206 Å². The highest BCUT2D eigenvalue weighted by Gasteiger charge is 2.61. The Bertz CT molecular complexity index is 1430. The summed E-state index contributed by atoms with van der Waals surface area (Å²) in [6.07, 6.45) is 5.36. The molecule has 2 N–H and O–H groups in total. The number of carboxylic acids is 1. The van der Waals surface area contributed by atoms with Crippen molar-refractivity contribution in [1.82, 2.24) is 4.98 Å². The molecule has 0 saturated heterocycles. The highest BCUT2D eigenvalue weighted by atomic mass is 19.1. The largest absolute Gasteiger partial charge is 0.493 e. The standard InChI is InChI=1S/C28H22FN3O4/c29-20-7-8-23(31-16-20)19-6-9-25-21(13-19)28(10-11-36-25)14-22(28)27(35)32-24-12-17(15-30)4-5-18(24)2-1-3-26(33)34/h1,3-9,12-13,16,22H,2,10-11,14H2,(H,32,35)(H,33,34)/t22-,28-/m0/s1. The number of benzene rings is 2. The maximum Gasteiger partial charge on any atom is 0.327 e. The number of pyridine rings is 1. The van der Waals surface area contributed by atoms with Crippen molar-refractivity contribution >= 4 is 17.6 Å². The van der Waals surface area contributed by atoms with Gasteiger partial charge in [-0.05, 0) is 67.3 Å². The van der Waals surface area contributed by atoms with Crippen molar-refractivity contribution in [2.75, 3.05) is 11.9 Å². The highest BCUT2D eigenvalue weighted by Crippen LogP contribution is 2.61. The van der Waals surface area contributed by atoms with Crippen molar-refractivity contribution in [3.8, 4) is 23.1 Å². The Morgan fingerprint density at radius 1 is 1.25 bits per heavy atom. The number of carbonyl (C=O) groups is 2. The van der Waals surface area contributed by atoms with Gasteiger partial charge in [-0.15, -0.1) is 0 Å². The van der Waals surface area contributed by atoms with E-state index in [9.17, 15) is 19.2 Å². The van der Waals surface area contributed by atoms with Crippen LogP contribution >= 0.6 is 0 Å². The minimum atomic E-state index is -1.05. The number of halogens is 1. The first-order valence-corrected chi connectivity index (χ1v) is 11.5. The summed E-state index contributed by atoms with van der Waals surface area (Å²) in [6, 6.07) is 15.7. The number of nitrogens with zero attached hydrogens (tertiary/aromatic N) is 2. The summed E-state index contributed by atoms with van der Waals surface area (Å²) in [5.74, 6) is -1.18. The van der Waals surface area contributed by atoms with Gasteiger partial charge in [0, 0.05) is 34.2 Å². The van der Waals surface area contributed by atoms with Crippen LogP contribution in [0, 0.1) is 23.1 Å². The van der Waals surface area contributed by atoms with Crippen LogP contribution in [0.5, 0.6) is 5.75 Å². The van der Waals surface area contributed by atoms with Crippen LogP contribution in [0.2, 0.25) is 0 Å². The first-order chi connectivity index (χ1) is 17.4. The fraction of sp³-hybridized carbons (Fsp3) is 0.214. The van der Waals surface area contributed by atoms with Gasteiger partial charge in [-0.25, -0.2) is 9.18 Å². The smallest absolute Gasteiger partial charge is 0.327 e. The van der Waals surface area contributed by atoms with Crippen LogP contribution < -0.4 is 10.1 Å². The third kappa shape index (κ3) is 4.43. The number of nitrogens with one attached hydrogen (secondary N) is 1. The van der Waals surface area contributed by atoms with E-state index < -0.39 is 11.8 Å². The summed E-state index contributed by atoms with van der Waals surface area (Å²) in [7, 11) is 0. The van der Waals surface area contributed by atoms with Gasteiger partial charge in [0.05, 0.1) is 30.1 Å². The Kier molecular flexibility index (Phi) is 5.98. The quantitative estimate of drug-likeness (QED) is 0.495. The summed E-state index contributed by atoms with van der Waals surface area (Å²) < 4.78 is 19.2. The molecule has 1 aliphatic heterocycles. The van der Waals surface area contributed by atoms with Gasteiger partial charge in [0.15, 0.2) is 0 Å². The first-order valence-electron chi connectivity index (χ1n) is 11.5. The van der Waals surface area contributed by atoms with E-state index in [1.165, 1.54) is 18.3 Å². The lowest BCUT2D eigenvalue weighted by Gasteiger charge is -2.27. The number of anilines is 1. The zero-order valence-corrected chi connectivity index (χ0v) is 19.2. The third-order valence-electron chi connectivity index (χ3n) is 6.83. The Morgan fingerprint density at radius 2 is 2.11 bits per heavy atom. The van der Waals surface area contributed by atoms with E-state index in [4.69, 9.17) is 9.84 Å². The predicted molar refractivity (Wildman–Crippen MR) is 130 cm³/mol. The molecule has 1 amide bonds. The van der Waals surface area contributed by atoms with E-state index in [0.29, 0.717) is 48.4 Å². The Balaban J connectivity index is 1.40. The van der Waals surface area contributed by atoms with Gasteiger partial charge in [0.25, 0.3) is 0 Å². The van der Waals surface area contributed by atoms with Gasteiger partial charge in [0.1, 0.15) is 11.6 Å². The molecule has 1 saturated carbocycles. The highest BCUT2D eigenvalue weighted by molar-refractivity contribution is 5.97. The van der Waals surface area contributed by atoms with Crippen LogP contribution in [0.1, 0.15) is 29.5 Å². The molecule has 1 spiro atoms. The second-order valence-electron chi connectivity index (χ2n) is 9.00. The molecule has 2 aromatic carbocycles. The molecule has 5 rings (SSSR count). The van der Waals surface area contributed by atoms with Gasteiger partial charge in [0.2, 0.25) is 5.91 Å². The van der Waals surface area contributed by atoms with Gasteiger partial charge in [-0.1, -0.05) is 12.1 Å². The van der Waals surface area contributed by atoms with Gasteiger partial charge in [-0.2, -0.15) is 5.26 Å². The second-order valence-corrected chi connectivity index (χ2v) is 9.00. The van der Waals surface area contributed by atoms with Gasteiger partial charge in [-0.3, -0.25) is 9.78 Å². The van der Waals surface area contributed by atoms with Gasteiger partial charge >= 0.3 is 5.97 Å². The SMILES string of the molecule is N#Cc1ccc(CC=CC(=O)O)c(NC(=O)[C@@H]2C[C@]23CCOc2ccc(-c4ccc(F)cn4)cc23)c1. The number of aromatic nitrogens is 1. The number of hydrogen-bond donors (Lipinski definition) is 2. The normalized spacial score (nSPS) is 19.8. The van der Waals surface area contributed by atoms with E-state index in [2.05, 4.69) is 16.4 Å². The number of carbonyl (C=O) groups excluding carboxylic acids is 1. The number of nitriles is 1. The number of rotatable bonds is 6. The Morgan fingerprint density at radius 3 is 2.86 bits per heavy atom. The fourth-order valence-electron chi connectivity index (χ4n) is 4.90. The van der Waals surface area contributed by atoms with Gasteiger partial charge < -0.3 is 15.2 Å². The monoisotopic (exact) mass is 483 g/mol. The lowest BCUT2D eigenvalue weighted by Crippen LogP contribution is -2.27. The summed E-state index contributed by atoms with van der Waals surface area (Å²) in [5.41, 5.74) is 3.62. The van der Waals surface area contributed by atoms with Crippen molar-refractivity contribution in [2.24, 2.45) is 5.92 Å². The zero-order chi connectivity index (χ0) is 25.3. The average Bonchev–Trinajstić information content (AvgIpc) is 3.60. The molecular weight excluding hydrogens is 461 g/mol. The summed E-state index contributed by atoms with van der Waals surface area (Å²) in [6.45, 7) is 0.500. The molecule has 2 aliphatic rings. The number of aliphatic carboxylic acids is 1. The number of carboxylic acid groups (broad SMARTS) is 1. The molecule has 1 fully saturated rings. The third-order valence-corrected chi connectivity index (χ3v) is 6.83. The molecule has 0 bridgehead atoms. The van der Waals surface area contributed by atoms with Crippen molar-refractivity contribution < 1.29 is 23.8 Å². The molecule has 8 heteroatoms. The minimum absolute atomic E-state index is 0.160. The van der Waals surface area contributed by atoms with Crippen LogP contribution in [0.15, 0.2) is 66.9 Å². The molecule has 0 unspecified atom stereocenters. The molecule has 180 valence electrons. The molecule has 7 nitrogen and oxygen atoms in total. The topological polar surface area (TPSA) is 112 Å². The lowest BCUT2D eigenvalue weighted by molar-refractivity contribution is -0.131. The Hall–Kier alpha value is -4.51. The van der Waals surface area contributed by atoms with Crippen LogP contribution in [0.25, 0.3) is 11.3 Å². The van der Waals surface area contributed by atoms with E-state index in [0.717, 1.165) is 23.0 Å².